The molecule has 3 rings (SSSR count). The van der Waals surface area contributed by atoms with E-state index in [0.29, 0.717) is 16.3 Å². The molecule has 29 heavy (non-hydrogen) atoms. The van der Waals surface area contributed by atoms with Crippen molar-refractivity contribution in [1.29, 1.82) is 0 Å². The van der Waals surface area contributed by atoms with Crippen molar-refractivity contribution < 1.29 is 27.5 Å². The number of halogens is 3. The number of hydrogen-bond acceptors (Lipinski definition) is 5. The smallest absolute Gasteiger partial charge is 0.435 e. The molecule has 6 nitrogen and oxygen atoms in total. The van der Waals surface area contributed by atoms with E-state index < -0.39 is 29.8 Å². The summed E-state index contributed by atoms with van der Waals surface area (Å²) in [7, 11) is 0. The molecule has 10 heteroatoms. The van der Waals surface area contributed by atoms with Gasteiger partial charge in [-0.25, -0.2) is 4.79 Å². The number of alkyl halides is 3. The van der Waals surface area contributed by atoms with Gasteiger partial charge in [-0.2, -0.15) is 18.3 Å². The van der Waals surface area contributed by atoms with Gasteiger partial charge >= 0.3 is 12.1 Å². The maximum Gasteiger partial charge on any atom is 0.435 e. The third kappa shape index (κ3) is 4.31. The number of thiophene rings is 1. The molecule has 1 fully saturated rings. The SMILES string of the molecule is CCOC(=O)c1c(NC(=O)C(C)n2nc(C(F)(F)F)cc2C2CC2)sc(C)c1C. The Labute approximate surface area is 170 Å². The molecule has 1 saturated carbocycles. The molecule has 2 heterocycles. The van der Waals surface area contributed by atoms with Gasteiger partial charge in [0.1, 0.15) is 11.0 Å². The minimum atomic E-state index is -4.58. The van der Waals surface area contributed by atoms with Crippen molar-refractivity contribution in [1.82, 2.24) is 9.78 Å². The number of carbonyl (C=O) groups excluding carboxylic acids is 2. The number of carbonyl (C=O) groups is 2. The van der Waals surface area contributed by atoms with Crippen molar-refractivity contribution in [2.24, 2.45) is 0 Å². The molecule has 2 aromatic rings. The lowest BCUT2D eigenvalue weighted by Crippen LogP contribution is -2.26. The highest BCUT2D eigenvalue weighted by molar-refractivity contribution is 7.16. The molecule has 1 aliphatic rings. The first-order valence-electron chi connectivity index (χ1n) is 9.29. The second-order valence-corrected chi connectivity index (χ2v) is 8.27. The summed E-state index contributed by atoms with van der Waals surface area (Å²) in [6.45, 7) is 6.94. The number of nitrogens with one attached hydrogen (secondary N) is 1. The van der Waals surface area contributed by atoms with E-state index in [9.17, 15) is 22.8 Å². The lowest BCUT2D eigenvalue weighted by Gasteiger charge is -2.16. The van der Waals surface area contributed by atoms with Crippen LogP contribution >= 0.6 is 11.3 Å². The van der Waals surface area contributed by atoms with Crippen LogP contribution in [0.25, 0.3) is 0 Å². The summed E-state index contributed by atoms with van der Waals surface area (Å²) in [6.07, 6.45) is -3.04. The summed E-state index contributed by atoms with van der Waals surface area (Å²) in [4.78, 5) is 25.9. The summed E-state index contributed by atoms with van der Waals surface area (Å²) < 4.78 is 45.5. The number of rotatable bonds is 6. The maximum atomic E-state index is 13.1. The van der Waals surface area contributed by atoms with Crippen LogP contribution in [0.4, 0.5) is 18.2 Å². The van der Waals surface area contributed by atoms with Gasteiger partial charge in [0.25, 0.3) is 0 Å². The van der Waals surface area contributed by atoms with Gasteiger partial charge in [-0.3, -0.25) is 9.48 Å². The van der Waals surface area contributed by atoms with Crippen molar-refractivity contribution >= 4 is 28.2 Å². The summed E-state index contributed by atoms with van der Waals surface area (Å²) in [5.74, 6) is -1.11. The Morgan fingerprint density at radius 2 is 2.03 bits per heavy atom. The van der Waals surface area contributed by atoms with Crippen LogP contribution in [0.15, 0.2) is 6.07 Å². The zero-order valence-corrected chi connectivity index (χ0v) is 17.3. The number of amides is 1. The molecule has 0 radical (unpaired) electrons. The van der Waals surface area contributed by atoms with Gasteiger partial charge in [-0.1, -0.05) is 0 Å². The van der Waals surface area contributed by atoms with E-state index in [-0.39, 0.29) is 18.1 Å². The van der Waals surface area contributed by atoms with E-state index in [4.69, 9.17) is 4.74 Å². The molecule has 1 atom stereocenters. The Morgan fingerprint density at radius 3 is 2.59 bits per heavy atom. The third-order valence-electron chi connectivity index (χ3n) is 4.90. The van der Waals surface area contributed by atoms with Crippen LogP contribution in [-0.4, -0.2) is 28.3 Å². The van der Waals surface area contributed by atoms with Gasteiger partial charge in [0, 0.05) is 16.5 Å². The predicted molar refractivity (Wildman–Crippen MR) is 102 cm³/mol. The summed E-state index contributed by atoms with van der Waals surface area (Å²) in [5, 5.41) is 6.66. The van der Waals surface area contributed by atoms with Gasteiger partial charge in [0.15, 0.2) is 5.69 Å². The fraction of sp³-hybridized carbons (Fsp3) is 0.526. The molecule has 1 amide bonds. The Morgan fingerprint density at radius 1 is 1.38 bits per heavy atom. The number of anilines is 1. The molecule has 1 N–H and O–H groups in total. The van der Waals surface area contributed by atoms with Gasteiger partial charge < -0.3 is 10.1 Å². The van der Waals surface area contributed by atoms with E-state index in [2.05, 4.69) is 10.4 Å². The van der Waals surface area contributed by atoms with Crippen molar-refractivity contribution in [3.8, 4) is 0 Å². The molecular weight excluding hydrogens is 407 g/mol. The molecule has 0 saturated heterocycles. The normalized spacial score (nSPS) is 15.3. The van der Waals surface area contributed by atoms with E-state index in [1.54, 1.807) is 13.8 Å². The highest BCUT2D eigenvalue weighted by Crippen LogP contribution is 2.43. The standard InChI is InChI=1S/C19H22F3N3O3S/c1-5-28-18(27)15-9(2)11(4)29-17(15)23-16(26)10(3)25-13(12-6-7-12)8-14(24-25)19(20,21)22/h8,10,12H,5-7H2,1-4H3,(H,23,26). The monoisotopic (exact) mass is 429 g/mol. The minimum absolute atomic E-state index is 0.0184. The summed E-state index contributed by atoms with van der Waals surface area (Å²) in [6, 6.07) is 0.0461. The van der Waals surface area contributed by atoms with Crippen molar-refractivity contribution in [3.05, 3.63) is 33.5 Å². The fourth-order valence-corrected chi connectivity index (χ4v) is 4.08. The Balaban J connectivity index is 1.88. The summed E-state index contributed by atoms with van der Waals surface area (Å²) in [5.41, 5.74) is 0.375. The summed E-state index contributed by atoms with van der Waals surface area (Å²) >= 11 is 1.23. The average Bonchev–Trinajstić information content (AvgIpc) is 3.30. The highest BCUT2D eigenvalue weighted by Gasteiger charge is 2.39. The quantitative estimate of drug-likeness (QED) is 0.668. The number of nitrogens with zero attached hydrogens (tertiary/aromatic N) is 2. The predicted octanol–water partition coefficient (Wildman–Crippen LogP) is 4.83. The van der Waals surface area contributed by atoms with Crippen LogP contribution in [0.5, 0.6) is 0 Å². The molecule has 0 bridgehead atoms. The first-order chi connectivity index (χ1) is 13.5. The maximum absolute atomic E-state index is 13.1. The largest absolute Gasteiger partial charge is 0.462 e. The Hall–Kier alpha value is -2.36. The van der Waals surface area contributed by atoms with E-state index >= 15 is 0 Å². The first kappa shape index (κ1) is 21.4. The minimum Gasteiger partial charge on any atom is -0.462 e. The van der Waals surface area contributed by atoms with Gasteiger partial charge in [0.2, 0.25) is 5.91 Å². The number of aromatic nitrogens is 2. The van der Waals surface area contributed by atoms with Gasteiger partial charge in [-0.05, 0) is 52.2 Å². The lowest BCUT2D eigenvalue weighted by atomic mass is 10.1. The number of aryl methyl sites for hydroxylation is 1. The van der Waals surface area contributed by atoms with E-state index in [1.165, 1.54) is 18.3 Å². The van der Waals surface area contributed by atoms with Crippen LogP contribution in [0.3, 0.4) is 0 Å². The number of esters is 1. The van der Waals surface area contributed by atoms with Crippen LogP contribution in [-0.2, 0) is 15.7 Å². The van der Waals surface area contributed by atoms with Crippen LogP contribution < -0.4 is 5.32 Å². The van der Waals surface area contributed by atoms with E-state index in [0.717, 1.165) is 28.5 Å². The van der Waals surface area contributed by atoms with Crippen LogP contribution in [0.1, 0.15) is 70.8 Å². The van der Waals surface area contributed by atoms with Crippen molar-refractivity contribution in [2.75, 3.05) is 11.9 Å². The topological polar surface area (TPSA) is 73.2 Å². The highest BCUT2D eigenvalue weighted by atomic mass is 32.1. The fourth-order valence-electron chi connectivity index (χ4n) is 3.03. The molecule has 2 aromatic heterocycles. The lowest BCUT2D eigenvalue weighted by molar-refractivity contribution is -0.141. The Kier molecular flexibility index (Phi) is 5.75. The van der Waals surface area contributed by atoms with Crippen molar-refractivity contribution in [3.63, 3.8) is 0 Å². The van der Waals surface area contributed by atoms with Crippen LogP contribution in [0, 0.1) is 13.8 Å². The second kappa shape index (κ2) is 7.81. The second-order valence-electron chi connectivity index (χ2n) is 7.04. The molecule has 0 aliphatic heterocycles. The average molecular weight is 429 g/mol. The molecule has 1 unspecified atom stereocenters. The van der Waals surface area contributed by atoms with Crippen LogP contribution in [0.2, 0.25) is 0 Å². The molecule has 158 valence electrons. The molecule has 0 spiro atoms. The van der Waals surface area contributed by atoms with Crippen molar-refractivity contribution in [2.45, 2.75) is 58.7 Å². The molecule has 1 aliphatic carbocycles. The zero-order chi connectivity index (χ0) is 21.5. The first-order valence-corrected chi connectivity index (χ1v) is 10.1. The Bertz CT molecular complexity index is 945. The van der Waals surface area contributed by atoms with Gasteiger partial charge in [0.05, 0.1) is 12.2 Å². The number of hydrogen-bond donors (Lipinski definition) is 1. The number of ether oxygens (including phenoxy) is 1. The zero-order valence-electron chi connectivity index (χ0n) is 16.5. The molecule has 0 aromatic carbocycles. The molecular formula is C19H22F3N3O3S. The third-order valence-corrected chi connectivity index (χ3v) is 6.02. The van der Waals surface area contributed by atoms with E-state index in [1.807, 2.05) is 6.92 Å². The van der Waals surface area contributed by atoms with Gasteiger partial charge in [-0.15, -0.1) is 11.3 Å².